The van der Waals surface area contributed by atoms with Gasteiger partial charge in [-0.2, -0.15) is 0 Å². The van der Waals surface area contributed by atoms with E-state index in [0.29, 0.717) is 10.8 Å². The monoisotopic (exact) mass is 196 g/mol. The molecule has 0 aliphatic heterocycles. The molecule has 0 rings (SSSR count). The van der Waals surface area contributed by atoms with Gasteiger partial charge in [-0.15, -0.1) is 23.2 Å². The maximum atomic E-state index is 6.09. The molecule has 11 heavy (non-hydrogen) atoms. The lowest BCUT2D eigenvalue weighted by molar-refractivity contribution is 0.363. The second-order valence-electron chi connectivity index (χ2n) is 4.19. The van der Waals surface area contributed by atoms with E-state index in [1.807, 2.05) is 0 Å². The molecular weight excluding hydrogens is 179 g/mol. The van der Waals surface area contributed by atoms with E-state index >= 15 is 0 Å². The molecule has 0 radical (unpaired) electrons. The lowest BCUT2D eigenvalue weighted by Crippen LogP contribution is -2.13. The standard InChI is InChI=1S/C9H18Cl2/c1-9(2,3)7-8(11)5-4-6-10/h8H,4-7H2,1-3H3. The fourth-order valence-electron chi connectivity index (χ4n) is 1.07. The highest BCUT2D eigenvalue weighted by Gasteiger charge is 2.15. The van der Waals surface area contributed by atoms with Crippen LogP contribution in [0.3, 0.4) is 0 Å². The third-order valence-corrected chi connectivity index (χ3v) is 2.12. The van der Waals surface area contributed by atoms with Crippen LogP contribution in [0.25, 0.3) is 0 Å². The van der Waals surface area contributed by atoms with Gasteiger partial charge in [0.25, 0.3) is 0 Å². The highest BCUT2D eigenvalue weighted by molar-refractivity contribution is 6.20. The van der Waals surface area contributed by atoms with Crippen molar-refractivity contribution in [2.24, 2.45) is 5.41 Å². The Morgan fingerprint density at radius 1 is 1.27 bits per heavy atom. The predicted octanol–water partition coefficient (Wildman–Crippen LogP) is 4.05. The topological polar surface area (TPSA) is 0 Å². The summed E-state index contributed by atoms with van der Waals surface area (Å²) in [5, 5.41) is 0.300. The first-order valence-electron chi connectivity index (χ1n) is 4.16. The molecular formula is C9H18Cl2. The number of rotatable bonds is 4. The second-order valence-corrected chi connectivity index (χ2v) is 5.19. The molecule has 0 amide bonds. The first-order valence-corrected chi connectivity index (χ1v) is 5.13. The lowest BCUT2D eigenvalue weighted by atomic mass is 9.89. The third kappa shape index (κ3) is 8.49. The van der Waals surface area contributed by atoms with Crippen molar-refractivity contribution in [1.29, 1.82) is 0 Å². The zero-order chi connectivity index (χ0) is 8.91. The first kappa shape index (κ1) is 11.6. The zero-order valence-corrected chi connectivity index (χ0v) is 9.17. The number of alkyl halides is 2. The Morgan fingerprint density at radius 2 is 1.82 bits per heavy atom. The Labute approximate surface area is 80.3 Å². The fourth-order valence-corrected chi connectivity index (χ4v) is 1.84. The number of halogens is 2. The summed E-state index contributed by atoms with van der Waals surface area (Å²) in [5.74, 6) is 0.730. The van der Waals surface area contributed by atoms with Crippen molar-refractivity contribution in [3.8, 4) is 0 Å². The van der Waals surface area contributed by atoms with Gasteiger partial charge in [-0.1, -0.05) is 20.8 Å². The summed E-state index contributed by atoms with van der Waals surface area (Å²) >= 11 is 11.6. The summed E-state index contributed by atoms with van der Waals surface area (Å²) in [7, 11) is 0. The van der Waals surface area contributed by atoms with E-state index < -0.39 is 0 Å². The van der Waals surface area contributed by atoms with Crippen LogP contribution >= 0.6 is 23.2 Å². The van der Waals surface area contributed by atoms with Crippen LogP contribution in [-0.2, 0) is 0 Å². The average molecular weight is 197 g/mol. The predicted molar refractivity (Wildman–Crippen MR) is 53.7 cm³/mol. The van der Waals surface area contributed by atoms with Crippen LogP contribution in [0.4, 0.5) is 0 Å². The van der Waals surface area contributed by atoms with E-state index in [1.165, 1.54) is 0 Å². The number of hydrogen-bond acceptors (Lipinski definition) is 0. The minimum atomic E-state index is 0.300. The summed E-state index contributed by atoms with van der Waals surface area (Å²) in [5.41, 5.74) is 0.346. The molecule has 0 saturated heterocycles. The Bertz CT molecular complexity index is 94.2. The normalized spacial score (nSPS) is 15.0. The molecule has 1 unspecified atom stereocenters. The molecule has 68 valence electrons. The molecule has 0 nitrogen and oxygen atoms in total. The van der Waals surface area contributed by atoms with Crippen LogP contribution in [0.1, 0.15) is 40.0 Å². The van der Waals surface area contributed by atoms with Gasteiger partial charge in [0.1, 0.15) is 0 Å². The van der Waals surface area contributed by atoms with Gasteiger partial charge in [-0.3, -0.25) is 0 Å². The van der Waals surface area contributed by atoms with Gasteiger partial charge in [0.15, 0.2) is 0 Å². The molecule has 2 heteroatoms. The SMILES string of the molecule is CC(C)(C)CC(Cl)CCCCl. The van der Waals surface area contributed by atoms with Crippen molar-refractivity contribution in [1.82, 2.24) is 0 Å². The van der Waals surface area contributed by atoms with E-state index in [1.54, 1.807) is 0 Å². The lowest BCUT2D eigenvalue weighted by Gasteiger charge is -2.21. The Kier molecular flexibility index (Phi) is 5.54. The maximum Gasteiger partial charge on any atom is 0.0341 e. The van der Waals surface area contributed by atoms with Gasteiger partial charge in [0, 0.05) is 11.3 Å². The van der Waals surface area contributed by atoms with E-state index in [0.717, 1.165) is 25.1 Å². The number of hydrogen-bond donors (Lipinski definition) is 0. The van der Waals surface area contributed by atoms with Gasteiger partial charge in [-0.05, 0) is 24.7 Å². The summed E-state index contributed by atoms with van der Waals surface area (Å²) in [6.45, 7) is 6.63. The van der Waals surface area contributed by atoms with Gasteiger partial charge in [-0.25, -0.2) is 0 Å². The highest BCUT2D eigenvalue weighted by Crippen LogP contribution is 2.25. The third-order valence-electron chi connectivity index (χ3n) is 1.48. The van der Waals surface area contributed by atoms with Crippen LogP contribution in [0.15, 0.2) is 0 Å². The smallest absolute Gasteiger partial charge is 0.0341 e. The molecule has 0 heterocycles. The molecule has 0 spiro atoms. The van der Waals surface area contributed by atoms with Gasteiger partial charge < -0.3 is 0 Å². The highest BCUT2D eigenvalue weighted by atomic mass is 35.5. The van der Waals surface area contributed by atoms with Crippen LogP contribution in [-0.4, -0.2) is 11.3 Å². The van der Waals surface area contributed by atoms with Crippen LogP contribution < -0.4 is 0 Å². The van der Waals surface area contributed by atoms with Gasteiger partial charge in [0.2, 0.25) is 0 Å². The zero-order valence-electron chi connectivity index (χ0n) is 7.66. The molecule has 0 saturated carbocycles. The Hall–Kier alpha value is 0.580. The van der Waals surface area contributed by atoms with Crippen molar-refractivity contribution >= 4 is 23.2 Å². The average Bonchev–Trinajstić information content (AvgIpc) is 1.79. The minimum absolute atomic E-state index is 0.300. The van der Waals surface area contributed by atoms with Gasteiger partial charge >= 0.3 is 0 Å². The van der Waals surface area contributed by atoms with Crippen molar-refractivity contribution < 1.29 is 0 Å². The minimum Gasteiger partial charge on any atom is -0.127 e. The maximum absolute atomic E-state index is 6.09. The molecule has 0 aliphatic carbocycles. The fraction of sp³-hybridized carbons (Fsp3) is 1.00. The van der Waals surface area contributed by atoms with Crippen LogP contribution in [0.5, 0.6) is 0 Å². The molecule has 0 aromatic rings. The summed E-state index contributed by atoms with van der Waals surface area (Å²) in [6, 6.07) is 0. The van der Waals surface area contributed by atoms with E-state index in [2.05, 4.69) is 20.8 Å². The van der Waals surface area contributed by atoms with Crippen molar-refractivity contribution in [2.45, 2.75) is 45.4 Å². The molecule has 0 aliphatic rings. The van der Waals surface area contributed by atoms with Crippen LogP contribution in [0.2, 0.25) is 0 Å². The van der Waals surface area contributed by atoms with Crippen molar-refractivity contribution in [3.05, 3.63) is 0 Å². The molecule has 1 atom stereocenters. The quantitative estimate of drug-likeness (QED) is 0.596. The first-order chi connectivity index (χ1) is 4.95. The summed E-state index contributed by atoms with van der Waals surface area (Å²) in [6.07, 6.45) is 3.15. The summed E-state index contributed by atoms with van der Waals surface area (Å²) < 4.78 is 0. The van der Waals surface area contributed by atoms with E-state index in [-0.39, 0.29) is 0 Å². The Morgan fingerprint density at radius 3 is 2.18 bits per heavy atom. The molecule has 0 fully saturated rings. The van der Waals surface area contributed by atoms with E-state index in [4.69, 9.17) is 23.2 Å². The molecule has 0 aromatic carbocycles. The molecule has 0 bridgehead atoms. The Balaban J connectivity index is 3.44. The van der Waals surface area contributed by atoms with Crippen LogP contribution in [0, 0.1) is 5.41 Å². The van der Waals surface area contributed by atoms with E-state index in [9.17, 15) is 0 Å². The van der Waals surface area contributed by atoms with Crippen molar-refractivity contribution in [3.63, 3.8) is 0 Å². The second kappa shape index (κ2) is 5.27. The van der Waals surface area contributed by atoms with Crippen molar-refractivity contribution in [2.75, 3.05) is 5.88 Å². The molecule has 0 N–H and O–H groups in total. The van der Waals surface area contributed by atoms with Gasteiger partial charge in [0.05, 0.1) is 0 Å². The summed E-state index contributed by atoms with van der Waals surface area (Å²) in [4.78, 5) is 0. The molecule has 0 aromatic heterocycles. The largest absolute Gasteiger partial charge is 0.127 e.